The van der Waals surface area contributed by atoms with Crippen LogP contribution in [0.5, 0.6) is 0 Å². The molecule has 0 amide bonds. The number of pyridine rings is 4. The van der Waals surface area contributed by atoms with E-state index in [1.54, 1.807) is 5.56 Å². The third kappa shape index (κ3) is 12.1. The van der Waals surface area contributed by atoms with Gasteiger partial charge < -0.3 is 0 Å². The predicted octanol–water partition coefficient (Wildman–Crippen LogP) is 23.0. The summed E-state index contributed by atoms with van der Waals surface area (Å²) in [5.41, 5.74) is 59.5. The molecular formula is C93H94N4. The molecule has 4 aromatic heterocycles. The first-order chi connectivity index (χ1) is 46.5. The Bertz CT molecular complexity index is 5200. The van der Waals surface area contributed by atoms with Crippen molar-refractivity contribution in [2.75, 3.05) is 0 Å². The molecule has 6 aliphatic rings. The lowest BCUT2D eigenvalue weighted by Crippen LogP contribution is -1.94. The summed E-state index contributed by atoms with van der Waals surface area (Å²) in [4.78, 5) is 18.5. The normalized spacial score (nSPS) is 12.4. The van der Waals surface area contributed by atoms with Crippen molar-refractivity contribution in [3.63, 3.8) is 0 Å². The zero-order valence-corrected chi connectivity index (χ0v) is 61.0. The minimum Gasteiger partial charge on any atom is -0.260 e. The van der Waals surface area contributed by atoms with E-state index in [4.69, 9.17) is 4.98 Å². The number of rotatable bonds is 0. The zero-order valence-electron chi connectivity index (χ0n) is 61.0. The van der Waals surface area contributed by atoms with Crippen molar-refractivity contribution < 1.29 is 0 Å². The molecule has 0 N–H and O–H groups in total. The van der Waals surface area contributed by atoms with E-state index in [9.17, 15) is 0 Å². The van der Waals surface area contributed by atoms with E-state index in [2.05, 4.69) is 286 Å². The molecule has 6 aliphatic carbocycles. The third-order valence-corrected chi connectivity index (χ3v) is 22.7. The van der Waals surface area contributed by atoms with Gasteiger partial charge in [-0.25, -0.2) is 0 Å². The molecule has 0 unspecified atom stereocenters. The van der Waals surface area contributed by atoms with Gasteiger partial charge in [-0.05, 0) is 353 Å². The number of fused-ring (bicyclic) bond motifs is 18. The lowest BCUT2D eigenvalue weighted by Gasteiger charge is -2.11. The highest BCUT2D eigenvalue weighted by atomic mass is 14.8. The molecule has 0 radical (unpaired) electrons. The minimum absolute atomic E-state index is 0.882. The fourth-order valence-corrected chi connectivity index (χ4v) is 16.1. The van der Waals surface area contributed by atoms with Crippen LogP contribution in [0.4, 0.5) is 0 Å². The molecular weight excluding hydrogens is 1170 g/mol. The maximum absolute atomic E-state index is 4.70. The molecule has 0 fully saturated rings. The molecule has 4 nitrogen and oxygen atoms in total. The van der Waals surface area contributed by atoms with Gasteiger partial charge in [-0.3, -0.25) is 19.9 Å². The first-order valence-electron chi connectivity index (χ1n) is 35.0. The Hall–Kier alpha value is -9.64. The van der Waals surface area contributed by atoms with E-state index in [-0.39, 0.29) is 0 Å². The van der Waals surface area contributed by atoms with Crippen molar-refractivity contribution in [3.05, 3.63) is 325 Å². The van der Waals surface area contributed by atoms with Gasteiger partial charge in [0.1, 0.15) is 0 Å². The van der Waals surface area contributed by atoms with Crippen LogP contribution in [0.3, 0.4) is 0 Å². The van der Waals surface area contributed by atoms with E-state index in [1.165, 1.54) is 223 Å². The van der Waals surface area contributed by atoms with Crippen LogP contribution in [0.25, 0.3) is 66.8 Å². The smallest absolute Gasteiger partial charge is 0.0548 e. The van der Waals surface area contributed by atoms with E-state index in [0.717, 1.165) is 49.9 Å². The zero-order chi connectivity index (χ0) is 68.6. The standard InChI is InChI=1S/3C16H16.2C15H16N2.C15H14/c1-10-7-8-14-15(12(10)3)9-13-6-4-5-11(2)16(13)14;1-10-8-16-14-7-5-4-6-13(14)9-15(16)12(3)11(10)2;1-10-8-11(2)16-14-7-5-4-6-13(14)9-15(16)12(10)3;1-8-5-12-13(17-11(8)4)6-14-15(12)10(3)9(2)7-16-14;1-8-5-10(3)17-13-6-12-15(14(8)13)11(4)9(2)7-16-12;1-10-7-8-14-13-6-4-3-5-12(13)9-15(14)11(10)2/h3*4-8H,9H2,1-3H3;2*5,7H,6H2,1-4H3;3-8H,9H2,1-2H3. The molecule has 18 rings (SSSR count). The van der Waals surface area contributed by atoms with Crippen LogP contribution in [0, 0.1) is 132 Å². The lowest BCUT2D eigenvalue weighted by molar-refractivity contribution is 1.02. The van der Waals surface area contributed by atoms with Gasteiger partial charge in [0.25, 0.3) is 0 Å². The predicted molar refractivity (Wildman–Crippen MR) is 409 cm³/mol. The van der Waals surface area contributed by atoms with E-state index >= 15 is 0 Å². The number of benzene rings is 8. The topological polar surface area (TPSA) is 51.6 Å². The Balaban J connectivity index is 0.000000105. The molecule has 12 aromatic rings. The molecule has 0 aliphatic heterocycles. The number of nitrogens with zero attached hydrogens (tertiary/aromatic N) is 4. The average molecular weight is 1270 g/mol. The van der Waals surface area contributed by atoms with Gasteiger partial charge in [-0.15, -0.1) is 0 Å². The summed E-state index contributed by atoms with van der Waals surface area (Å²) in [6.45, 7) is 41.5. The van der Waals surface area contributed by atoms with Crippen LogP contribution in [0.15, 0.2) is 152 Å². The Morgan fingerprint density at radius 1 is 0.227 bits per heavy atom. The highest BCUT2D eigenvalue weighted by Crippen LogP contribution is 2.46. The molecule has 4 heteroatoms. The maximum Gasteiger partial charge on any atom is 0.0548 e. The molecule has 8 aromatic carbocycles. The third-order valence-electron chi connectivity index (χ3n) is 22.7. The van der Waals surface area contributed by atoms with Crippen LogP contribution >= 0.6 is 0 Å². The summed E-state index contributed by atoms with van der Waals surface area (Å²) in [5, 5.41) is 0. The van der Waals surface area contributed by atoms with Gasteiger partial charge in [0.15, 0.2) is 0 Å². The van der Waals surface area contributed by atoms with Crippen molar-refractivity contribution in [2.45, 2.75) is 170 Å². The molecule has 97 heavy (non-hydrogen) atoms. The highest BCUT2D eigenvalue weighted by molar-refractivity contribution is 5.85. The number of hydrogen-bond donors (Lipinski definition) is 0. The van der Waals surface area contributed by atoms with Gasteiger partial charge in [-0.1, -0.05) is 127 Å². The number of aromatic nitrogens is 4. The van der Waals surface area contributed by atoms with Gasteiger partial charge in [0.05, 0.1) is 22.8 Å². The Kier molecular flexibility index (Phi) is 18.0. The Morgan fingerprint density at radius 3 is 1.35 bits per heavy atom. The second-order valence-electron chi connectivity index (χ2n) is 28.7. The van der Waals surface area contributed by atoms with Crippen molar-refractivity contribution in [1.29, 1.82) is 0 Å². The summed E-state index contributed by atoms with van der Waals surface area (Å²) in [7, 11) is 0. The first-order valence-corrected chi connectivity index (χ1v) is 35.0. The van der Waals surface area contributed by atoms with Crippen LogP contribution in [0.2, 0.25) is 0 Å². The Labute approximate surface area is 578 Å². The molecule has 486 valence electrons. The largest absolute Gasteiger partial charge is 0.260 e. The van der Waals surface area contributed by atoms with E-state index < -0.39 is 0 Å². The molecule has 0 spiro atoms. The maximum atomic E-state index is 4.70. The van der Waals surface area contributed by atoms with E-state index in [0.29, 0.717) is 0 Å². The van der Waals surface area contributed by atoms with Crippen molar-refractivity contribution in [2.24, 2.45) is 0 Å². The average Bonchev–Trinajstić information content (AvgIpc) is 1.66. The van der Waals surface area contributed by atoms with Gasteiger partial charge in [-0.2, -0.15) is 0 Å². The van der Waals surface area contributed by atoms with Crippen molar-refractivity contribution in [3.8, 4) is 66.8 Å². The van der Waals surface area contributed by atoms with Gasteiger partial charge in [0, 0.05) is 58.9 Å². The number of aryl methyl sites for hydroxylation is 12. The minimum atomic E-state index is 0.882. The summed E-state index contributed by atoms with van der Waals surface area (Å²) in [5.74, 6) is 0. The number of hydrogen-bond acceptors (Lipinski definition) is 4. The summed E-state index contributed by atoms with van der Waals surface area (Å²) >= 11 is 0. The SMILES string of the molecule is Cc1cc(C)c2c(c1C)Cc1ccccc1-2.Cc1cc(C)c2c(n1)Cc1ncc(C)c(C)c1-2.Cc1cc2c(c(C)c1C)Cc1ccccc1-2.Cc1cc2c(nc1C)Cc1ncc(C)c(C)c1-2.Cc1ccc2c(c1C)Cc1cccc(C)c1-2.Cc1ccc2c(c1C)Cc1ccccc1-2. The fourth-order valence-electron chi connectivity index (χ4n) is 16.1. The second kappa shape index (κ2) is 26.4. The highest BCUT2D eigenvalue weighted by Gasteiger charge is 2.29. The monoisotopic (exact) mass is 1270 g/mol. The molecule has 0 atom stereocenters. The summed E-state index contributed by atoms with van der Waals surface area (Å²) in [6, 6.07) is 51.1. The van der Waals surface area contributed by atoms with Crippen LogP contribution in [-0.2, 0) is 38.5 Å². The summed E-state index contributed by atoms with van der Waals surface area (Å²) < 4.78 is 0. The van der Waals surface area contributed by atoms with Crippen molar-refractivity contribution in [1.82, 2.24) is 19.9 Å². The lowest BCUT2D eigenvalue weighted by atomic mass is 9.94. The quantitative estimate of drug-likeness (QED) is 0.152. The molecule has 4 heterocycles. The van der Waals surface area contributed by atoms with Gasteiger partial charge >= 0.3 is 0 Å². The van der Waals surface area contributed by atoms with Gasteiger partial charge in [0.2, 0.25) is 0 Å². The first kappa shape index (κ1) is 66.0. The van der Waals surface area contributed by atoms with Crippen LogP contribution < -0.4 is 0 Å². The van der Waals surface area contributed by atoms with Crippen LogP contribution in [0.1, 0.15) is 173 Å². The Morgan fingerprint density at radius 2 is 0.701 bits per heavy atom. The van der Waals surface area contributed by atoms with Crippen LogP contribution in [-0.4, -0.2) is 19.9 Å². The molecule has 0 saturated carbocycles. The molecule has 0 saturated heterocycles. The fraction of sp³-hybridized carbons (Fsp3) is 0.269. The second-order valence-corrected chi connectivity index (χ2v) is 28.7. The molecule has 0 bridgehead atoms. The van der Waals surface area contributed by atoms with E-state index in [1.807, 2.05) is 12.4 Å². The summed E-state index contributed by atoms with van der Waals surface area (Å²) in [6.07, 6.45) is 10.2. The van der Waals surface area contributed by atoms with Crippen molar-refractivity contribution >= 4 is 0 Å².